The van der Waals surface area contributed by atoms with Gasteiger partial charge in [-0.2, -0.15) is 0 Å². The van der Waals surface area contributed by atoms with Crippen molar-refractivity contribution in [2.45, 2.75) is 25.3 Å². The first-order valence-electron chi connectivity index (χ1n) is 15.2. The summed E-state index contributed by atoms with van der Waals surface area (Å²) in [5.74, 6) is 1.55. The van der Waals surface area contributed by atoms with Crippen LogP contribution in [0.3, 0.4) is 0 Å². The maximum atomic E-state index is 12.6. The number of ether oxygens (including phenoxy) is 2. The average Bonchev–Trinajstić information content (AvgIpc) is 3.11. The zero-order valence-corrected chi connectivity index (χ0v) is 27.2. The van der Waals surface area contributed by atoms with Crippen LogP contribution < -0.4 is 20.2 Å². The number of nitrogens with one attached hydrogen (secondary N) is 1. The Morgan fingerprint density at radius 1 is 0.652 bits per heavy atom. The fourth-order valence-corrected chi connectivity index (χ4v) is 5.50. The third-order valence-electron chi connectivity index (χ3n) is 7.89. The Hall–Kier alpha value is -4.84. The number of fused-ring (bicyclic) bond motifs is 1. The van der Waals surface area contributed by atoms with Crippen molar-refractivity contribution in [3.05, 3.63) is 166 Å². The van der Waals surface area contributed by atoms with Gasteiger partial charge in [0.25, 0.3) is 0 Å². The van der Waals surface area contributed by atoms with Crippen molar-refractivity contribution in [3.8, 4) is 22.8 Å². The molecule has 0 saturated heterocycles. The van der Waals surface area contributed by atoms with Gasteiger partial charge in [-0.1, -0.05) is 127 Å². The molecule has 1 atom stereocenters. The molecule has 236 valence electrons. The molecule has 5 aromatic carbocycles. The van der Waals surface area contributed by atoms with Crippen molar-refractivity contribution >= 4 is 23.4 Å². The number of hydrogen-bond acceptors (Lipinski definition) is 5. The Morgan fingerprint density at radius 2 is 1.17 bits per heavy atom. The summed E-state index contributed by atoms with van der Waals surface area (Å²) in [6.45, 7) is 3.22. The summed E-state index contributed by atoms with van der Waals surface area (Å²) in [4.78, 5) is 12.6. The molecule has 0 aliphatic heterocycles. The highest BCUT2D eigenvalue weighted by Crippen LogP contribution is 2.34. The van der Waals surface area contributed by atoms with Crippen LogP contribution in [-0.2, 0) is 0 Å². The predicted molar refractivity (Wildman–Crippen MR) is 190 cm³/mol. The molecule has 0 radical (unpaired) electrons. The molecule has 6 rings (SSSR count). The summed E-state index contributed by atoms with van der Waals surface area (Å²) in [7, 11) is 3.01. The Labute approximate surface area is 277 Å². The Kier molecular flexibility index (Phi) is 12.6. The Morgan fingerprint density at radius 3 is 1.70 bits per heavy atom. The van der Waals surface area contributed by atoms with Crippen molar-refractivity contribution in [2.24, 2.45) is 0 Å². The molecule has 1 aromatic heterocycles. The second kappa shape index (κ2) is 17.0. The summed E-state index contributed by atoms with van der Waals surface area (Å²) < 4.78 is 16.5. The lowest BCUT2D eigenvalue weighted by atomic mass is 9.88. The van der Waals surface area contributed by atoms with E-state index in [0.29, 0.717) is 34.4 Å². The fourth-order valence-electron chi connectivity index (χ4n) is 5.50. The molecule has 0 amide bonds. The van der Waals surface area contributed by atoms with Gasteiger partial charge in [-0.3, -0.25) is 4.79 Å². The molecule has 46 heavy (non-hydrogen) atoms. The van der Waals surface area contributed by atoms with Crippen LogP contribution in [0.5, 0.6) is 11.5 Å². The van der Waals surface area contributed by atoms with Gasteiger partial charge >= 0.3 is 0 Å². The first-order valence-corrected chi connectivity index (χ1v) is 15.2. The topological polar surface area (TPSA) is 60.7 Å². The smallest absolute Gasteiger partial charge is 0.235 e. The molecular weight excluding hydrogens is 594 g/mol. The molecule has 1 N–H and O–H groups in total. The maximum Gasteiger partial charge on any atom is 0.235 e. The highest BCUT2D eigenvalue weighted by molar-refractivity contribution is 5.86. The lowest BCUT2D eigenvalue weighted by Gasteiger charge is -2.20. The molecule has 0 aliphatic carbocycles. The number of benzene rings is 5. The van der Waals surface area contributed by atoms with Crippen LogP contribution in [0.1, 0.15) is 42.0 Å². The minimum atomic E-state index is -0.212. The second-order valence-corrected chi connectivity index (χ2v) is 10.7. The van der Waals surface area contributed by atoms with E-state index < -0.39 is 0 Å². The van der Waals surface area contributed by atoms with Gasteiger partial charge < -0.3 is 19.2 Å². The summed E-state index contributed by atoms with van der Waals surface area (Å²) in [6.07, 6.45) is 1.09. The van der Waals surface area contributed by atoms with E-state index in [-0.39, 0.29) is 23.6 Å². The van der Waals surface area contributed by atoms with Crippen molar-refractivity contribution in [1.29, 1.82) is 0 Å². The normalized spacial score (nSPS) is 11.2. The van der Waals surface area contributed by atoms with Gasteiger partial charge in [-0.05, 0) is 48.7 Å². The molecule has 0 bridgehead atoms. The van der Waals surface area contributed by atoms with E-state index in [2.05, 4.69) is 103 Å². The van der Waals surface area contributed by atoms with Crippen LogP contribution in [0.4, 0.5) is 0 Å². The minimum Gasteiger partial charge on any atom is -0.493 e. The minimum absolute atomic E-state index is 0. The number of hydrogen-bond donors (Lipinski definition) is 1. The van der Waals surface area contributed by atoms with Crippen molar-refractivity contribution in [2.75, 3.05) is 20.8 Å². The third kappa shape index (κ3) is 8.25. The SMILES string of the molecule is CC(NCCC(c1ccccc1)c1ccccc1)c1ccccc1.COc1c(-c2ccccc2)oc2c(OC)cccc2c1=O.Cl. The zero-order chi connectivity index (χ0) is 31.4. The van der Waals surface area contributed by atoms with E-state index >= 15 is 0 Å². The van der Waals surface area contributed by atoms with Crippen LogP contribution in [0.2, 0.25) is 0 Å². The van der Waals surface area contributed by atoms with E-state index in [1.54, 1.807) is 25.3 Å². The molecule has 0 saturated carbocycles. The predicted octanol–water partition coefficient (Wildman–Crippen LogP) is 9.46. The maximum absolute atomic E-state index is 12.6. The van der Waals surface area contributed by atoms with Gasteiger partial charge in [0, 0.05) is 17.5 Å². The molecule has 0 spiro atoms. The van der Waals surface area contributed by atoms with E-state index in [4.69, 9.17) is 13.9 Å². The largest absolute Gasteiger partial charge is 0.493 e. The monoisotopic (exact) mass is 633 g/mol. The number of rotatable bonds is 10. The lowest BCUT2D eigenvalue weighted by Crippen LogP contribution is -2.21. The van der Waals surface area contributed by atoms with E-state index in [1.165, 1.54) is 23.8 Å². The van der Waals surface area contributed by atoms with Crippen LogP contribution in [0.15, 0.2) is 149 Å². The van der Waals surface area contributed by atoms with E-state index in [9.17, 15) is 4.79 Å². The van der Waals surface area contributed by atoms with Crippen LogP contribution >= 0.6 is 12.4 Å². The summed E-state index contributed by atoms with van der Waals surface area (Å²) in [6, 6.07) is 47.2. The van der Waals surface area contributed by atoms with Crippen LogP contribution in [0, 0.1) is 0 Å². The number of methoxy groups -OCH3 is 2. The molecule has 1 unspecified atom stereocenters. The Bertz CT molecular complexity index is 1790. The van der Waals surface area contributed by atoms with Crippen molar-refractivity contribution < 1.29 is 13.9 Å². The van der Waals surface area contributed by atoms with Crippen molar-refractivity contribution in [1.82, 2.24) is 5.32 Å². The number of halogens is 1. The van der Waals surface area contributed by atoms with Gasteiger partial charge in [-0.15, -0.1) is 12.4 Å². The number of para-hydroxylation sites is 1. The molecule has 0 aliphatic rings. The van der Waals surface area contributed by atoms with Crippen LogP contribution in [-0.4, -0.2) is 20.8 Å². The van der Waals surface area contributed by atoms with Gasteiger partial charge in [0.1, 0.15) is 0 Å². The third-order valence-corrected chi connectivity index (χ3v) is 7.89. The lowest BCUT2D eigenvalue weighted by molar-refractivity contribution is 0.391. The summed E-state index contributed by atoms with van der Waals surface area (Å²) in [5, 5.41) is 4.10. The van der Waals surface area contributed by atoms with Gasteiger partial charge in [0.15, 0.2) is 17.1 Å². The molecule has 6 heteroatoms. The average molecular weight is 634 g/mol. The molecule has 1 heterocycles. The first kappa shape index (κ1) is 34.0. The van der Waals surface area contributed by atoms with Gasteiger partial charge in [0.2, 0.25) is 11.2 Å². The first-order chi connectivity index (χ1) is 22.1. The molecule has 0 fully saturated rings. The Balaban J connectivity index is 0.000000206. The zero-order valence-electron chi connectivity index (χ0n) is 26.4. The van der Waals surface area contributed by atoms with E-state index in [1.807, 2.05) is 30.3 Å². The fraction of sp³-hybridized carbons (Fsp3) is 0.175. The highest BCUT2D eigenvalue weighted by atomic mass is 35.5. The standard InChI is InChI=1S/C23H25N.C17H14O4.ClH/c1-19(20-11-5-2-6-12-20)24-18-17-23(21-13-7-3-8-14-21)22-15-9-4-10-16-22;1-19-13-10-6-9-12-14(18)17(20-2)15(21-16(12)13)11-7-4-3-5-8-11;/h2-16,19,23-24H,17-18H2,1H3;3-10H,1-2H3;1H. The highest BCUT2D eigenvalue weighted by Gasteiger charge is 2.19. The second-order valence-electron chi connectivity index (χ2n) is 10.7. The summed E-state index contributed by atoms with van der Waals surface area (Å²) in [5.41, 5.74) is 5.10. The molecular formula is C40H40ClNO4. The summed E-state index contributed by atoms with van der Waals surface area (Å²) >= 11 is 0. The molecule has 5 nitrogen and oxygen atoms in total. The van der Waals surface area contributed by atoms with Gasteiger partial charge in [0.05, 0.1) is 19.6 Å². The molecule has 6 aromatic rings. The van der Waals surface area contributed by atoms with Crippen LogP contribution in [0.25, 0.3) is 22.3 Å². The van der Waals surface area contributed by atoms with Gasteiger partial charge in [-0.25, -0.2) is 0 Å². The quantitative estimate of drug-likeness (QED) is 0.163. The van der Waals surface area contributed by atoms with E-state index in [0.717, 1.165) is 18.5 Å². The van der Waals surface area contributed by atoms with Crippen molar-refractivity contribution in [3.63, 3.8) is 0 Å².